The third-order valence-corrected chi connectivity index (χ3v) is 5.42. The first kappa shape index (κ1) is 18.4. The molecule has 0 fully saturated rings. The zero-order valence-corrected chi connectivity index (χ0v) is 15.8. The van der Waals surface area contributed by atoms with E-state index in [2.05, 4.69) is 24.3 Å². The van der Waals surface area contributed by atoms with Gasteiger partial charge in [-0.2, -0.15) is 0 Å². The molecule has 0 saturated heterocycles. The lowest BCUT2D eigenvalue weighted by Crippen LogP contribution is -2.45. The second kappa shape index (κ2) is 7.97. The Morgan fingerprint density at radius 2 is 1.14 bits per heavy atom. The maximum Gasteiger partial charge on any atom is 0.0919 e. The molecule has 0 radical (unpaired) electrons. The van der Waals surface area contributed by atoms with Crippen molar-refractivity contribution in [2.24, 2.45) is 5.73 Å². The maximum atomic E-state index is 11.8. The summed E-state index contributed by atoms with van der Waals surface area (Å²) in [5, 5.41) is 14.1. The Morgan fingerprint density at radius 1 is 0.643 bits per heavy atom. The first-order chi connectivity index (χ1) is 13.6. The average molecular weight is 367 g/mol. The van der Waals surface area contributed by atoms with Gasteiger partial charge in [0.1, 0.15) is 0 Å². The maximum absolute atomic E-state index is 11.8. The van der Waals surface area contributed by atoms with Gasteiger partial charge in [-0.05, 0) is 33.5 Å². The molecule has 0 aromatic heterocycles. The lowest BCUT2D eigenvalue weighted by atomic mass is 9.79. The Kier molecular flexibility index (Phi) is 5.25. The van der Waals surface area contributed by atoms with E-state index in [4.69, 9.17) is 5.73 Å². The number of aliphatic hydroxyl groups is 1. The predicted octanol–water partition coefficient (Wildman–Crippen LogP) is 5.06. The lowest BCUT2D eigenvalue weighted by Gasteiger charge is -2.35. The molecule has 0 spiro atoms. The number of hydrogen-bond acceptors (Lipinski definition) is 2. The third-order valence-electron chi connectivity index (χ3n) is 5.42. The second-order valence-electron chi connectivity index (χ2n) is 7.51. The SMILES string of the molecule is N[C@H](c1ccc2ccccc2c1)C(O)(Cc1ccccc1)Cc1ccccc1. The van der Waals surface area contributed by atoms with Gasteiger partial charge >= 0.3 is 0 Å². The Morgan fingerprint density at radius 3 is 1.71 bits per heavy atom. The van der Waals surface area contributed by atoms with E-state index < -0.39 is 11.6 Å². The summed E-state index contributed by atoms with van der Waals surface area (Å²) in [7, 11) is 0. The molecular weight excluding hydrogens is 342 g/mol. The summed E-state index contributed by atoms with van der Waals surface area (Å²) in [4.78, 5) is 0. The molecule has 0 unspecified atom stereocenters. The summed E-state index contributed by atoms with van der Waals surface area (Å²) >= 11 is 0. The molecule has 0 heterocycles. The van der Waals surface area contributed by atoms with Crippen molar-refractivity contribution in [3.05, 3.63) is 120 Å². The van der Waals surface area contributed by atoms with Crippen molar-refractivity contribution in [2.45, 2.75) is 24.5 Å². The monoisotopic (exact) mass is 367 g/mol. The third kappa shape index (κ3) is 3.99. The summed E-state index contributed by atoms with van der Waals surface area (Å²) < 4.78 is 0. The van der Waals surface area contributed by atoms with Crippen LogP contribution in [0.3, 0.4) is 0 Å². The van der Waals surface area contributed by atoms with Gasteiger partial charge in [0, 0.05) is 12.8 Å². The van der Waals surface area contributed by atoms with Crippen LogP contribution >= 0.6 is 0 Å². The highest BCUT2D eigenvalue weighted by Gasteiger charge is 2.36. The Hall–Kier alpha value is -2.94. The van der Waals surface area contributed by atoms with Crippen LogP contribution in [-0.4, -0.2) is 10.7 Å². The van der Waals surface area contributed by atoms with Crippen LogP contribution in [0.1, 0.15) is 22.7 Å². The van der Waals surface area contributed by atoms with E-state index in [1.807, 2.05) is 78.9 Å². The van der Waals surface area contributed by atoms with Gasteiger partial charge in [0.2, 0.25) is 0 Å². The molecule has 0 saturated carbocycles. The van der Waals surface area contributed by atoms with E-state index in [1.165, 1.54) is 5.39 Å². The molecule has 140 valence electrons. The Bertz CT molecular complexity index is 1000. The lowest BCUT2D eigenvalue weighted by molar-refractivity contribution is 0.0137. The van der Waals surface area contributed by atoms with Gasteiger partial charge in [-0.15, -0.1) is 0 Å². The highest BCUT2D eigenvalue weighted by molar-refractivity contribution is 5.83. The molecule has 0 aliphatic carbocycles. The molecule has 4 rings (SSSR count). The molecule has 4 aromatic rings. The normalized spacial score (nSPS) is 12.8. The van der Waals surface area contributed by atoms with Gasteiger partial charge in [0.05, 0.1) is 11.6 Å². The molecule has 2 nitrogen and oxygen atoms in total. The van der Waals surface area contributed by atoms with Crippen molar-refractivity contribution in [1.29, 1.82) is 0 Å². The van der Waals surface area contributed by atoms with Crippen molar-refractivity contribution in [3.8, 4) is 0 Å². The van der Waals surface area contributed by atoms with E-state index in [0.29, 0.717) is 12.8 Å². The van der Waals surface area contributed by atoms with E-state index in [-0.39, 0.29) is 0 Å². The number of fused-ring (bicyclic) bond motifs is 1. The van der Waals surface area contributed by atoms with Crippen LogP contribution in [0.15, 0.2) is 103 Å². The number of rotatable bonds is 6. The van der Waals surface area contributed by atoms with Crippen LogP contribution < -0.4 is 5.73 Å². The largest absolute Gasteiger partial charge is 0.387 e. The standard InChI is InChI=1S/C26H25NO/c27-25(24-16-15-22-13-7-8-14-23(22)17-24)26(28,18-20-9-3-1-4-10-20)19-21-11-5-2-6-12-21/h1-17,25,28H,18-19,27H2/t25-/m1/s1. The summed E-state index contributed by atoms with van der Waals surface area (Å²) in [6.07, 6.45) is 0.994. The fourth-order valence-electron chi connectivity index (χ4n) is 3.89. The number of benzene rings is 4. The van der Waals surface area contributed by atoms with Crippen molar-refractivity contribution in [2.75, 3.05) is 0 Å². The summed E-state index contributed by atoms with van der Waals surface area (Å²) in [5.74, 6) is 0. The van der Waals surface area contributed by atoms with Crippen LogP contribution in [0.4, 0.5) is 0 Å². The average Bonchev–Trinajstić information content (AvgIpc) is 2.74. The second-order valence-corrected chi connectivity index (χ2v) is 7.51. The van der Waals surface area contributed by atoms with E-state index in [9.17, 15) is 5.11 Å². The van der Waals surface area contributed by atoms with Crippen LogP contribution in [-0.2, 0) is 12.8 Å². The molecule has 0 bridgehead atoms. The van der Waals surface area contributed by atoms with Gasteiger partial charge in [0.15, 0.2) is 0 Å². The fraction of sp³-hybridized carbons (Fsp3) is 0.154. The fourth-order valence-corrected chi connectivity index (χ4v) is 3.89. The highest BCUT2D eigenvalue weighted by atomic mass is 16.3. The summed E-state index contributed by atoms with van der Waals surface area (Å²) in [6, 6.07) is 34.1. The van der Waals surface area contributed by atoms with Crippen LogP contribution in [0, 0.1) is 0 Å². The first-order valence-corrected chi connectivity index (χ1v) is 9.69. The molecule has 0 aliphatic rings. The minimum absolute atomic E-state index is 0.497. The van der Waals surface area contributed by atoms with Crippen molar-refractivity contribution < 1.29 is 5.11 Å². The topological polar surface area (TPSA) is 46.2 Å². The molecule has 0 aliphatic heterocycles. The zero-order chi connectivity index (χ0) is 19.4. The van der Waals surface area contributed by atoms with Crippen LogP contribution in [0.25, 0.3) is 10.8 Å². The predicted molar refractivity (Wildman–Crippen MR) is 116 cm³/mol. The number of nitrogens with two attached hydrogens (primary N) is 1. The summed E-state index contributed by atoms with van der Waals surface area (Å²) in [6.45, 7) is 0. The Balaban J connectivity index is 1.71. The van der Waals surface area contributed by atoms with Gasteiger partial charge in [-0.25, -0.2) is 0 Å². The van der Waals surface area contributed by atoms with E-state index in [1.54, 1.807) is 0 Å². The van der Waals surface area contributed by atoms with E-state index >= 15 is 0 Å². The van der Waals surface area contributed by atoms with E-state index in [0.717, 1.165) is 22.1 Å². The van der Waals surface area contributed by atoms with Crippen LogP contribution in [0.2, 0.25) is 0 Å². The van der Waals surface area contributed by atoms with Crippen molar-refractivity contribution in [3.63, 3.8) is 0 Å². The van der Waals surface area contributed by atoms with Gasteiger partial charge in [-0.1, -0.05) is 97.1 Å². The molecule has 2 heteroatoms. The van der Waals surface area contributed by atoms with Gasteiger partial charge < -0.3 is 10.8 Å². The minimum atomic E-state index is -1.09. The quantitative estimate of drug-likeness (QED) is 0.500. The first-order valence-electron chi connectivity index (χ1n) is 9.69. The molecule has 0 amide bonds. The smallest absolute Gasteiger partial charge is 0.0919 e. The number of hydrogen-bond donors (Lipinski definition) is 2. The minimum Gasteiger partial charge on any atom is -0.387 e. The highest BCUT2D eigenvalue weighted by Crippen LogP contribution is 2.32. The van der Waals surface area contributed by atoms with Crippen molar-refractivity contribution in [1.82, 2.24) is 0 Å². The zero-order valence-electron chi connectivity index (χ0n) is 15.8. The molecule has 4 aromatic carbocycles. The van der Waals surface area contributed by atoms with Gasteiger partial charge in [-0.3, -0.25) is 0 Å². The molecular formula is C26H25NO. The van der Waals surface area contributed by atoms with Gasteiger partial charge in [0.25, 0.3) is 0 Å². The van der Waals surface area contributed by atoms with Crippen LogP contribution in [0.5, 0.6) is 0 Å². The molecule has 28 heavy (non-hydrogen) atoms. The summed E-state index contributed by atoms with van der Waals surface area (Å²) in [5.41, 5.74) is 8.73. The Labute approximate surface area is 166 Å². The van der Waals surface area contributed by atoms with Crippen molar-refractivity contribution >= 4 is 10.8 Å². The molecule has 1 atom stereocenters. The molecule has 3 N–H and O–H groups in total.